The molecule has 1 aliphatic rings. The fourth-order valence-corrected chi connectivity index (χ4v) is 3.39. The Morgan fingerprint density at radius 3 is 2.87 bits per heavy atom. The monoisotopic (exact) mass is 340 g/mol. The van der Waals surface area contributed by atoms with Crippen molar-refractivity contribution in [1.29, 1.82) is 0 Å². The molecule has 0 radical (unpaired) electrons. The summed E-state index contributed by atoms with van der Waals surface area (Å²) >= 11 is 0. The Morgan fingerprint density at radius 1 is 1.48 bits per heavy atom. The first kappa shape index (κ1) is 17.5. The van der Waals surface area contributed by atoms with E-state index in [-0.39, 0.29) is 23.1 Å². The first-order valence-electron chi connectivity index (χ1n) is 7.27. The number of carboxylic acids is 1. The number of carbonyl (C=O) groups is 1. The molecule has 23 heavy (non-hydrogen) atoms. The Morgan fingerprint density at radius 2 is 2.26 bits per heavy atom. The molecule has 1 saturated heterocycles. The highest BCUT2D eigenvalue weighted by molar-refractivity contribution is 7.89. The van der Waals surface area contributed by atoms with E-state index in [1.807, 2.05) is 0 Å². The molecule has 1 fully saturated rings. The summed E-state index contributed by atoms with van der Waals surface area (Å²) in [7, 11) is -3.78. The zero-order valence-electron chi connectivity index (χ0n) is 12.6. The third-order valence-corrected chi connectivity index (χ3v) is 4.91. The van der Waals surface area contributed by atoms with Gasteiger partial charge in [0, 0.05) is 25.4 Å². The summed E-state index contributed by atoms with van der Waals surface area (Å²) in [5.41, 5.74) is 0.238. The molecule has 0 unspecified atom stereocenters. The van der Waals surface area contributed by atoms with Crippen LogP contribution in [-0.2, 0) is 14.8 Å². The van der Waals surface area contributed by atoms with Crippen molar-refractivity contribution in [2.24, 2.45) is 0 Å². The number of hydrogen-bond acceptors (Lipinski definition) is 5. The van der Waals surface area contributed by atoms with E-state index in [1.54, 1.807) is 6.08 Å². The van der Waals surface area contributed by atoms with Crippen molar-refractivity contribution >= 4 is 21.7 Å². The van der Waals surface area contributed by atoms with E-state index in [0.29, 0.717) is 18.8 Å². The predicted octanol–water partition coefficient (Wildman–Crippen LogP) is 1.44. The Labute approximate surface area is 135 Å². The SMILES string of the molecule is C=CCNc1ccc(S(=O)(=O)NC[C@H]2CCCO2)cc1C(=O)O. The lowest BCUT2D eigenvalue weighted by Crippen LogP contribution is -2.32. The molecule has 1 aromatic rings. The second-order valence-electron chi connectivity index (χ2n) is 5.17. The largest absolute Gasteiger partial charge is 0.478 e. The van der Waals surface area contributed by atoms with Crippen molar-refractivity contribution in [2.75, 3.05) is 25.0 Å². The van der Waals surface area contributed by atoms with Gasteiger partial charge in [-0.1, -0.05) is 6.08 Å². The molecule has 1 heterocycles. The van der Waals surface area contributed by atoms with E-state index in [9.17, 15) is 18.3 Å². The zero-order chi connectivity index (χ0) is 16.9. The Bertz CT molecular complexity index is 681. The molecule has 1 aliphatic heterocycles. The third kappa shape index (κ3) is 4.54. The molecule has 1 atom stereocenters. The van der Waals surface area contributed by atoms with Gasteiger partial charge in [-0.2, -0.15) is 0 Å². The lowest BCUT2D eigenvalue weighted by molar-refractivity contribution is 0.0697. The normalized spacial score (nSPS) is 17.8. The molecule has 7 nitrogen and oxygen atoms in total. The lowest BCUT2D eigenvalue weighted by Gasteiger charge is -2.13. The minimum absolute atomic E-state index is 0.0861. The fourth-order valence-electron chi connectivity index (χ4n) is 2.30. The number of aromatic carboxylic acids is 1. The van der Waals surface area contributed by atoms with Gasteiger partial charge < -0.3 is 15.2 Å². The molecule has 0 bridgehead atoms. The smallest absolute Gasteiger partial charge is 0.337 e. The average Bonchev–Trinajstić information content (AvgIpc) is 3.04. The predicted molar refractivity (Wildman–Crippen MR) is 86.3 cm³/mol. The molecular formula is C15H20N2O5S. The van der Waals surface area contributed by atoms with Crippen molar-refractivity contribution < 1.29 is 23.1 Å². The van der Waals surface area contributed by atoms with Gasteiger partial charge in [0.25, 0.3) is 0 Å². The summed E-state index contributed by atoms with van der Waals surface area (Å²) in [6, 6.07) is 3.95. The van der Waals surface area contributed by atoms with E-state index < -0.39 is 16.0 Å². The van der Waals surface area contributed by atoms with Gasteiger partial charge in [-0.3, -0.25) is 0 Å². The van der Waals surface area contributed by atoms with Crippen LogP contribution < -0.4 is 10.0 Å². The molecule has 0 aromatic heterocycles. The van der Waals surface area contributed by atoms with Gasteiger partial charge in [-0.15, -0.1) is 6.58 Å². The average molecular weight is 340 g/mol. The first-order chi connectivity index (χ1) is 10.9. The molecule has 3 N–H and O–H groups in total. The van der Waals surface area contributed by atoms with Crippen LogP contribution in [-0.4, -0.2) is 45.3 Å². The summed E-state index contributed by atoms with van der Waals surface area (Å²) in [5, 5.41) is 12.1. The third-order valence-electron chi connectivity index (χ3n) is 3.49. The van der Waals surface area contributed by atoms with Gasteiger partial charge in [0.2, 0.25) is 10.0 Å². The number of ether oxygens (including phenoxy) is 1. The quantitative estimate of drug-likeness (QED) is 0.619. The molecule has 8 heteroatoms. The Hall–Kier alpha value is -1.90. The minimum atomic E-state index is -3.78. The van der Waals surface area contributed by atoms with Crippen LogP contribution in [0.15, 0.2) is 35.7 Å². The maximum absolute atomic E-state index is 12.3. The number of hydrogen-bond donors (Lipinski definition) is 3. The van der Waals surface area contributed by atoms with Gasteiger partial charge >= 0.3 is 5.97 Å². The van der Waals surface area contributed by atoms with Crippen LogP contribution in [0.1, 0.15) is 23.2 Å². The topological polar surface area (TPSA) is 105 Å². The summed E-state index contributed by atoms with van der Waals surface area (Å²) < 4.78 is 32.4. The molecule has 2 rings (SSSR count). The highest BCUT2D eigenvalue weighted by Gasteiger charge is 2.22. The van der Waals surface area contributed by atoms with Crippen LogP contribution in [0, 0.1) is 0 Å². The molecule has 0 aliphatic carbocycles. The van der Waals surface area contributed by atoms with E-state index in [0.717, 1.165) is 18.9 Å². The van der Waals surface area contributed by atoms with Crippen LogP contribution in [0.25, 0.3) is 0 Å². The van der Waals surface area contributed by atoms with Crippen LogP contribution in [0.4, 0.5) is 5.69 Å². The lowest BCUT2D eigenvalue weighted by atomic mass is 10.2. The van der Waals surface area contributed by atoms with Crippen molar-refractivity contribution in [3.8, 4) is 0 Å². The van der Waals surface area contributed by atoms with Gasteiger partial charge in [-0.05, 0) is 31.0 Å². The van der Waals surface area contributed by atoms with Crippen molar-refractivity contribution in [3.05, 3.63) is 36.4 Å². The van der Waals surface area contributed by atoms with Gasteiger partial charge in [0.15, 0.2) is 0 Å². The van der Waals surface area contributed by atoms with E-state index >= 15 is 0 Å². The Balaban J connectivity index is 2.18. The molecule has 0 spiro atoms. The minimum Gasteiger partial charge on any atom is -0.478 e. The molecule has 126 valence electrons. The summed E-state index contributed by atoms with van der Waals surface area (Å²) in [6.07, 6.45) is 3.18. The summed E-state index contributed by atoms with van der Waals surface area (Å²) in [6.45, 7) is 4.74. The number of rotatable bonds is 8. The number of sulfonamides is 1. The highest BCUT2D eigenvalue weighted by Crippen LogP contribution is 2.21. The number of carboxylic acid groups (broad SMARTS) is 1. The van der Waals surface area contributed by atoms with Gasteiger partial charge in [0.1, 0.15) is 0 Å². The van der Waals surface area contributed by atoms with Gasteiger partial charge in [0.05, 0.1) is 16.6 Å². The van der Waals surface area contributed by atoms with Gasteiger partial charge in [-0.25, -0.2) is 17.9 Å². The first-order valence-corrected chi connectivity index (χ1v) is 8.75. The fraction of sp³-hybridized carbons (Fsp3) is 0.400. The maximum atomic E-state index is 12.3. The van der Waals surface area contributed by atoms with E-state index in [4.69, 9.17) is 4.74 Å². The molecule has 1 aromatic carbocycles. The van der Waals surface area contributed by atoms with Crippen LogP contribution in [0.3, 0.4) is 0 Å². The van der Waals surface area contributed by atoms with E-state index in [1.165, 1.54) is 12.1 Å². The molecular weight excluding hydrogens is 320 g/mol. The van der Waals surface area contributed by atoms with Crippen molar-refractivity contribution in [1.82, 2.24) is 4.72 Å². The standard InChI is InChI=1S/C15H20N2O5S/c1-2-7-16-14-6-5-12(9-13(14)15(18)19)23(20,21)17-10-11-4-3-8-22-11/h2,5-6,9,11,16-17H,1,3-4,7-8,10H2,(H,18,19)/t11-/m1/s1. The van der Waals surface area contributed by atoms with E-state index in [2.05, 4.69) is 16.6 Å². The number of nitrogens with one attached hydrogen (secondary N) is 2. The number of benzene rings is 1. The summed E-state index contributed by atoms with van der Waals surface area (Å²) in [4.78, 5) is 11.2. The van der Waals surface area contributed by atoms with Crippen LogP contribution in [0.5, 0.6) is 0 Å². The highest BCUT2D eigenvalue weighted by atomic mass is 32.2. The Kier molecular flexibility index (Phi) is 5.75. The molecule has 0 saturated carbocycles. The second-order valence-corrected chi connectivity index (χ2v) is 6.94. The van der Waals surface area contributed by atoms with Crippen molar-refractivity contribution in [3.63, 3.8) is 0 Å². The summed E-state index contributed by atoms with van der Waals surface area (Å²) in [5.74, 6) is -1.20. The van der Waals surface area contributed by atoms with Crippen LogP contribution in [0.2, 0.25) is 0 Å². The second kappa shape index (κ2) is 7.58. The maximum Gasteiger partial charge on any atom is 0.337 e. The molecule has 0 amide bonds. The number of anilines is 1. The van der Waals surface area contributed by atoms with Crippen molar-refractivity contribution in [2.45, 2.75) is 23.8 Å². The zero-order valence-corrected chi connectivity index (χ0v) is 13.4. The van der Waals surface area contributed by atoms with Crippen LogP contribution >= 0.6 is 0 Å².